The highest BCUT2D eigenvalue weighted by molar-refractivity contribution is 5.79. The Morgan fingerprint density at radius 1 is 0.920 bits per heavy atom. The van der Waals surface area contributed by atoms with Crippen molar-refractivity contribution >= 4 is 10.9 Å². The van der Waals surface area contributed by atoms with Crippen molar-refractivity contribution in [3.05, 3.63) is 72.1 Å². The molecule has 0 aliphatic rings. The first kappa shape index (κ1) is 15.6. The molecule has 0 amide bonds. The molecule has 2 heterocycles. The van der Waals surface area contributed by atoms with E-state index in [1.54, 1.807) is 0 Å². The SMILES string of the molecule is Cn1nc(-c2ccccc2)cc1CNCc1ccc2cnn(C)c2c1. The molecule has 5 heteroatoms. The van der Waals surface area contributed by atoms with E-state index in [9.17, 15) is 0 Å². The van der Waals surface area contributed by atoms with Crippen molar-refractivity contribution in [2.45, 2.75) is 13.1 Å². The number of nitrogens with zero attached hydrogens (tertiary/aromatic N) is 4. The maximum Gasteiger partial charge on any atom is 0.0926 e. The maximum atomic E-state index is 4.62. The molecule has 0 spiro atoms. The third kappa shape index (κ3) is 3.19. The summed E-state index contributed by atoms with van der Waals surface area (Å²) in [5, 5.41) is 13.6. The van der Waals surface area contributed by atoms with Crippen LogP contribution in [0.3, 0.4) is 0 Å². The topological polar surface area (TPSA) is 47.7 Å². The normalized spacial score (nSPS) is 11.3. The van der Waals surface area contributed by atoms with Crippen molar-refractivity contribution < 1.29 is 0 Å². The predicted octanol–water partition coefficient (Wildman–Crippen LogP) is 3.26. The number of aryl methyl sites for hydroxylation is 2. The molecule has 0 fully saturated rings. The van der Waals surface area contributed by atoms with Crippen LogP contribution >= 0.6 is 0 Å². The van der Waals surface area contributed by atoms with Crippen molar-refractivity contribution in [2.24, 2.45) is 14.1 Å². The summed E-state index contributed by atoms with van der Waals surface area (Å²) in [6.45, 7) is 1.59. The van der Waals surface area contributed by atoms with Crippen LogP contribution in [0.15, 0.2) is 60.8 Å². The van der Waals surface area contributed by atoms with Gasteiger partial charge in [0.15, 0.2) is 0 Å². The lowest BCUT2D eigenvalue weighted by Gasteiger charge is -2.06. The van der Waals surface area contributed by atoms with Gasteiger partial charge in [-0.15, -0.1) is 0 Å². The van der Waals surface area contributed by atoms with Gasteiger partial charge in [-0.3, -0.25) is 9.36 Å². The van der Waals surface area contributed by atoms with E-state index in [1.807, 2.05) is 47.9 Å². The molecule has 1 N–H and O–H groups in total. The first-order chi connectivity index (χ1) is 12.2. The van der Waals surface area contributed by atoms with Gasteiger partial charge in [-0.1, -0.05) is 42.5 Å². The molecule has 0 atom stereocenters. The third-order valence-electron chi connectivity index (χ3n) is 4.50. The van der Waals surface area contributed by atoms with E-state index in [4.69, 9.17) is 0 Å². The van der Waals surface area contributed by atoms with Gasteiger partial charge < -0.3 is 5.32 Å². The van der Waals surface area contributed by atoms with Crippen LogP contribution < -0.4 is 5.32 Å². The fourth-order valence-electron chi connectivity index (χ4n) is 3.06. The summed E-state index contributed by atoms with van der Waals surface area (Å²) >= 11 is 0. The van der Waals surface area contributed by atoms with Crippen LogP contribution in [-0.2, 0) is 27.2 Å². The summed E-state index contributed by atoms with van der Waals surface area (Å²) in [6, 6.07) is 18.9. The van der Waals surface area contributed by atoms with Crippen molar-refractivity contribution in [1.29, 1.82) is 0 Å². The molecule has 25 heavy (non-hydrogen) atoms. The molecule has 2 aromatic heterocycles. The highest BCUT2D eigenvalue weighted by Crippen LogP contribution is 2.18. The highest BCUT2D eigenvalue weighted by Gasteiger charge is 2.07. The smallest absolute Gasteiger partial charge is 0.0926 e. The van der Waals surface area contributed by atoms with Crippen molar-refractivity contribution in [3.63, 3.8) is 0 Å². The Labute approximate surface area is 146 Å². The number of hydrogen-bond donors (Lipinski definition) is 1. The molecular weight excluding hydrogens is 310 g/mol. The van der Waals surface area contributed by atoms with Gasteiger partial charge in [0.2, 0.25) is 0 Å². The summed E-state index contributed by atoms with van der Waals surface area (Å²) in [5.74, 6) is 0. The van der Waals surface area contributed by atoms with Crippen LogP contribution in [0, 0.1) is 0 Å². The molecule has 0 saturated carbocycles. The third-order valence-corrected chi connectivity index (χ3v) is 4.50. The van der Waals surface area contributed by atoms with Gasteiger partial charge in [-0.25, -0.2) is 0 Å². The Hall–Kier alpha value is -2.92. The monoisotopic (exact) mass is 331 g/mol. The lowest BCUT2D eigenvalue weighted by molar-refractivity contribution is 0.627. The molecule has 2 aromatic carbocycles. The Morgan fingerprint density at radius 2 is 1.76 bits per heavy atom. The zero-order chi connectivity index (χ0) is 17.2. The summed E-state index contributed by atoms with van der Waals surface area (Å²) in [7, 11) is 3.96. The van der Waals surface area contributed by atoms with Gasteiger partial charge in [-0.05, 0) is 17.7 Å². The second kappa shape index (κ2) is 6.53. The Bertz CT molecular complexity index is 998. The molecular formula is C20H21N5. The number of rotatable bonds is 5. The molecule has 0 aliphatic heterocycles. The second-order valence-electron chi connectivity index (χ2n) is 6.28. The number of aromatic nitrogens is 4. The van der Waals surface area contributed by atoms with Crippen LogP contribution in [0.4, 0.5) is 0 Å². The first-order valence-electron chi connectivity index (χ1n) is 8.40. The Balaban J connectivity index is 1.44. The van der Waals surface area contributed by atoms with Crippen molar-refractivity contribution in [3.8, 4) is 11.3 Å². The molecule has 5 nitrogen and oxygen atoms in total. The Kier molecular flexibility index (Phi) is 4.07. The molecule has 0 bridgehead atoms. The zero-order valence-corrected chi connectivity index (χ0v) is 14.5. The van der Waals surface area contributed by atoms with Gasteiger partial charge in [0.1, 0.15) is 0 Å². The van der Waals surface area contributed by atoms with Crippen molar-refractivity contribution in [2.75, 3.05) is 0 Å². The predicted molar refractivity (Wildman–Crippen MR) is 99.9 cm³/mol. The van der Waals surface area contributed by atoms with E-state index in [2.05, 4.69) is 51.9 Å². The summed E-state index contributed by atoms with van der Waals surface area (Å²) < 4.78 is 3.85. The van der Waals surface area contributed by atoms with Crippen LogP contribution in [0.25, 0.3) is 22.2 Å². The van der Waals surface area contributed by atoms with Crippen LogP contribution in [0.1, 0.15) is 11.3 Å². The molecule has 4 rings (SSSR count). The summed E-state index contributed by atoms with van der Waals surface area (Å²) in [4.78, 5) is 0. The minimum atomic E-state index is 0.778. The quantitative estimate of drug-likeness (QED) is 0.610. The van der Waals surface area contributed by atoms with E-state index >= 15 is 0 Å². The van der Waals surface area contributed by atoms with E-state index in [0.717, 1.165) is 29.9 Å². The van der Waals surface area contributed by atoms with Crippen LogP contribution in [0.2, 0.25) is 0 Å². The number of hydrogen-bond acceptors (Lipinski definition) is 3. The maximum absolute atomic E-state index is 4.62. The van der Waals surface area contributed by atoms with Gasteiger partial charge in [0.05, 0.1) is 23.1 Å². The lowest BCUT2D eigenvalue weighted by atomic mass is 10.1. The molecule has 0 aliphatic carbocycles. The summed E-state index contributed by atoms with van der Waals surface area (Å²) in [5.41, 5.74) is 5.73. The lowest BCUT2D eigenvalue weighted by Crippen LogP contribution is -2.15. The number of benzene rings is 2. The van der Waals surface area contributed by atoms with Crippen molar-refractivity contribution in [1.82, 2.24) is 24.9 Å². The fourth-order valence-corrected chi connectivity index (χ4v) is 3.06. The molecule has 126 valence electrons. The largest absolute Gasteiger partial charge is 0.307 e. The average Bonchev–Trinajstić information content (AvgIpc) is 3.19. The molecule has 0 radical (unpaired) electrons. The number of nitrogens with one attached hydrogen (secondary N) is 1. The van der Waals surface area contributed by atoms with E-state index in [-0.39, 0.29) is 0 Å². The summed E-state index contributed by atoms with van der Waals surface area (Å²) in [6.07, 6.45) is 1.90. The van der Waals surface area contributed by atoms with Crippen LogP contribution in [0.5, 0.6) is 0 Å². The first-order valence-corrected chi connectivity index (χ1v) is 8.40. The Morgan fingerprint density at radius 3 is 2.60 bits per heavy atom. The zero-order valence-electron chi connectivity index (χ0n) is 14.5. The van der Waals surface area contributed by atoms with Gasteiger partial charge in [0, 0.05) is 38.1 Å². The molecule has 4 aromatic rings. The second-order valence-corrected chi connectivity index (χ2v) is 6.28. The minimum Gasteiger partial charge on any atom is -0.307 e. The van der Waals surface area contributed by atoms with E-state index < -0.39 is 0 Å². The standard InChI is InChI=1S/C20H21N5/c1-24-18(11-19(23-24)16-6-4-3-5-7-16)14-21-12-15-8-9-17-13-22-25(2)20(17)10-15/h3-11,13,21H,12,14H2,1-2H3. The van der Waals surface area contributed by atoms with Gasteiger partial charge in [-0.2, -0.15) is 10.2 Å². The average molecular weight is 331 g/mol. The highest BCUT2D eigenvalue weighted by atomic mass is 15.3. The van der Waals surface area contributed by atoms with Crippen LogP contribution in [-0.4, -0.2) is 19.6 Å². The fraction of sp³-hybridized carbons (Fsp3) is 0.200. The van der Waals surface area contributed by atoms with Gasteiger partial charge in [0.25, 0.3) is 0 Å². The molecule has 0 unspecified atom stereocenters. The van der Waals surface area contributed by atoms with E-state index in [0.29, 0.717) is 0 Å². The molecule has 0 saturated heterocycles. The number of fused-ring (bicyclic) bond motifs is 1. The minimum absolute atomic E-state index is 0.778. The van der Waals surface area contributed by atoms with Gasteiger partial charge >= 0.3 is 0 Å². The van der Waals surface area contributed by atoms with E-state index in [1.165, 1.54) is 16.6 Å².